The SMILES string of the molecule is CCOC(=O)N1CCC(NC(=O)NC2CC(=O)N(C(C)(C)C)C2)CC1. The molecule has 0 aliphatic carbocycles. The van der Waals surface area contributed by atoms with E-state index in [0.29, 0.717) is 45.5 Å². The van der Waals surface area contributed by atoms with Gasteiger partial charge in [0.05, 0.1) is 12.6 Å². The van der Waals surface area contributed by atoms with Crippen molar-refractivity contribution in [3.63, 3.8) is 0 Å². The van der Waals surface area contributed by atoms with Crippen LogP contribution in [-0.4, -0.2) is 71.7 Å². The van der Waals surface area contributed by atoms with Crippen molar-refractivity contribution in [2.24, 2.45) is 0 Å². The summed E-state index contributed by atoms with van der Waals surface area (Å²) in [5.74, 6) is 0.0699. The molecule has 0 spiro atoms. The molecule has 2 aliphatic rings. The van der Waals surface area contributed by atoms with Crippen molar-refractivity contribution in [2.75, 3.05) is 26.2 Å². The molecule has 8 nitrogen and oxygen atoms in total. The molecule has 8 heteroatoms. The maximum Gasteiger partial charge on any atom is 0.409 e. The standard InChI is InChI=1S/C17H30N4O4/c1-5-25-16(24)20-8-6-12(7-9-20)18-15(23)19-13-10-14(22)21(11-13)17(2,3)4/h12-13H,5-11H2,1-4H3,(H2,18,19,23). The molecule has 0 aromatic carbocycles. The van der Waals surface area contributed by atoms with Crippen LogP contribution in [0.1, 0.15) is 47.0 Å². The molecule has 0 aromatic rings. The summed E-state index contributed by atoms with van der Waals surface area (Å²) >= 11 is 0. The molecule has 4 amide bonds. The maximum atomic E-state index is 12.2. The van der Waals surface area contributed by atoms with E-state index in [1.165, 1.54) is 0 Å². The van der Waals surface area contributed by atoms with E-state index >= 15 is 0 Å². The highest BCUT2D eigenvalue weighted by Crippen LogP contribution is 2.21. The van der Waals surface area contributed by atoms with Gasteiger partial charge in [-0.25, -0.2) is 9.59 Å². The summed E-state index contributed by atoms with van der Waals surface area (Å²) in [6.07, 6.45) is 1.44. The lowest BCUT2D eigenvalue weighted by molar-refractivity contribution is -0.131. The van der Waals surface area contributed by atoms with Gasteiger partial charge in [0, 0.05) is 37.6 Å². The Balaban J connectivity index is 1.73. The predicted octanol–water partition coefficient (Wildman–Crippen LogP) is 1.31. The van der Waals surface area contributed by atoms with E-state index in [2.05, 4.69) is 10.6 Å². The highest BCUT2D eigenvalue weighted by Gasteiger charge is 2.37. The minimum absolute atomic E-state index is 0.0292. The fraction of sp³-hybridized carbons (Fsp3) is 0.824. The molecule has 1 atom stereocenters. The minimum atomic E-state index is -0.294. The highest BCUT2D eigenvalue weighted by molar-refractivity contribution is 5.82. The predicted molar refractivity (Wildman–Crippen MR) is 93.2 cm³/mol. The second-order valence-electron chi connectivity index (χ2n) is 7.65. The zero-order chi connectivity index (χ0) is 18.6. The molecule has 2 rings (SSSR count). The van der Waals surface area contributed by atoms with Gasteiger partial charge in [-0.3, -0.25) is 4.79 Å². The molecule has 0 aromatic heterocycles. The number of urea groups is 1. The van der Waals surface area contributed by atoms with Gasteiger partial charge in [-0.1, -0.05) is 0 Å². The lowest BCUT2D eigenvalue weighted by Gasteiger charge is -2.32. The average molecular weight is 354 g/mol. The molecule has 2 heterocycles. The number of piperidine rings is 1. The molecular weight excluding hydrogens is 324 g/mol. The summed E-state index contributed by atoms with van der Waals surface area (Å²) in [5.41, 5.74) is -0.232. The average Bonchev–Trinajstić information content (AvgIpc) is 2.88. The zero-order valence-electron chi connectivity index (χ0n) is 15.6. The third-order valence-electron chi connectivity index (χ3n) is 4.63. The number of nitrogens with one attached hydrogen (secondary N) is 2. The van der Waals surface area contributed by atoms with Crippen LogP contribution in [0.3, 0.4) is 0 Å². The largest absolute Gasteiger partial charge is 0.450 e. The molecule has 2 N–H and O–H groups in total. The summed E-state index contributed by atoms with van der Waals surface area (Å²) < 4.78 is 4.98. The molecule has 2 aliphatic heterocycles. The summed E-state index contributed by atoms with van der Waals surface area (Å²) in [6, 6.07) is -0.379. The molecule has 0 bridgehead atoms. The summed E-state index contributed by atoms with van der Waals surface area (Å²) in [6.45, 7) is 9.81. The molecule has 0 saturated carbocycles. The number of rotatable bonds is 3. The zero-order valence-corrected chi connectivity index (χ0v) is 15.6. The van der Waals surface area contributed by atoms with Crippen LogP contribution >= 0.6 is 0 Å². The van der Waals surface area contributed by atoms with Gasteiger partial charge in [0.1, 0.15) is 0 Å². The van der Waals surface area contributed by atoms with E-state index in [1.807, 2.05) is 20.8 Å². The number of likely N-dealkylation sites (tertiary alicyclic amines) is 2. The second-order valence-corrected chi connectivity index (χ2v) is 7.65. The van der Waals surface area contributed by atoms with Gasteiger partial charge in [0.2, 0.25) is 5.91 Å². The van der Waals surface area contributed by atoms with Crippen molar-refractivity contribution in [3.8, 4) is 0 Å². The summed E-state index contributed by atoms with van der Waals surface area (Å²) in [7, 11) is 0. The number of nitrogens with zero attached hydrogens (tertiary/aromatic N) is 2. The van der Waals surface area contributed by atoms with Crippen LogP contribution in [0.2, 0.25) is 0 Å². The summed E-state index contributed by atoms with van der Waals surface area (Å²) in [4.78, 5) is 39.4. The number of amides is 4. The van der Waals surface area contributed by atoms with Gasteiger partial charge in [0.15, 0.2) is 0 Å². The van der Waals surface area contributed by atoms with Gasteiger partial charge >= 0.3 is 12.1 Å². The van der Waals surface area contributed by atoms with Crippen LogP contribution in [0.15, 0.2) is 0 Å². The van der Waals surface area contributed by atoms with E-state index in [4.69, 9.17) is 4.74 Å². The van der Waals surface area contributed by atoms with Gasteiger partial charge < -0.3 is 25.2 Å². The number of ether oxygens (including phenoxy) is 1. The highest BCUT2D eigenvalue weighted by atomic mass is 16.6. The van der Waals surface area contributed by atoms with E-state index in [1.54, 1.807) is 16.7 Å². The monoisotopic (exact) mass is 354 g/mol. The third-order valence-corrected chi connectivity index (χ3v) is 4.63. The van der Waals surface area contributed by atoms with E-state index < -0.39 is 0 Å². The quantitative estimate of drug-likeness (QED) is 0.799. The first kappa shape index (κ1) is 19.3. The topological polar surface area (TPSA) is 91.0 Å². The number of carbonyl (C=O) groups is 3. The van der Waals surface area contributed by atoms with Crippen LogP contribution in [0, 0.1) is 0 Å². The Labute approximate surface area is 149 Å². The van der Waals surface area contributed by atoms with Crippen molar-refractivity contribution in [3.05, 3.63) is 0 Å². The molecule has 2 saturated heterocycles. The lowest BCUT2D eigenvalue weighted by Crippen LogP contribution is -2.51. The fourth-order valence-corrected chi connectivity index (χ4v) is 3.29. The first-order chi connectivity index (χ1) is 11.7. The second kappa shape index (κ2) is 7.93. The fourth-order valence-electron chi connectivity index (χ4n) is 3.29. The van der Waals surface area contributed by atoms with Gasteiger partial charge in [-0.15, -0.1) is 0 Å². The Kier molecular flexibility index (Phi) is 6.13. The molecule has 142 valence electrons. The Morgan fingerprint density at radius 3 is 2.28 bits per heavy atom. The van der Waals surface area contributed by atoms with E-state index in [-0.39, 0.29) is 35.7 Å². The normalized spacial score (nSPS) is 22.1. The minimum Gasteiger partial charge on any atom is -0.450 e. The lowest BCUT2D eigenvalue weighted by atomic mass is 10.1. The van der Waals surface area contributed by atoms with Crippen molar-refractivity contribution in [2.45, 2.75) is 64.6 Å². The van der Waals surface area contributed by atoms with Crippen LogP contribution in [0.25, 0.3) is 0 Å². The number of carbonyl (C=O) groups excluding carboxylic acids is 3. The molecule has 0 radical (unpaired) electrons. The van der Waals surface area contributed by atoms with Crippen molar-refractivity contribution >= 4 is 18.0 Å². The van der Waals surface area contributed by atoms with Crippen LogP contribution < -0.4 is 10.6 Å². The van der Waals surface area contributed by atoms with Crippen molar-refractivity contribution in [1.82, 2.24) is 20.4 Å². The van der Waals surface area contributed by atoms with Crippen molar-refractivity contribution < 1.29 is 19.1 Å². The number of hydrogen-bond acceptors (Lipinski definition) is 4. The smallest absolute Gasteiger partial charge is 0.409 e. The van der Waals surface area contributed by atoms with Crippen molar-refractivity contribution in [1.29, 1.82) is 0 Å². The van der Waals surface area contributed by atoms with Gasteiger partial charge in [-0.05, 0) is 40.5 Å². The Bertz CT molecular complexity index is 509. The van der Waals surface area contributed by atoms with Gasteiger partial charge in [0.25, 0.3) is 0 Å². The molecule has 2 fully saturated rings. The Hall–Kier alpha value is -1.99. The van der Waals surface area contributed by atoms with Crippen LogP contribution in [-0.2, 0) is 9.53 Å². The van der Waals surface area contributed by atoms with Crippen LogP contribution in [0.4, 0.5) is 9.59 Å². The van der Waals surface area contributed by atoms with Crippen LogP contribution in [0.5, 0.6) is 0 Å². The van der Waals surface area contributed by atoms with E-state index in [0.717, 1.165) is 0 Å². The first-order valence-electron chi connectivity index (χ1n) is 9.00. The third kappa shape index (κ3) is 5.24. The molecule has 25 heavy (non-hydrogen) atoms. The molecular formula is C17H30N4O4. The Morgan fingerprint density at radius 1 is 1.16 bits per heavy atom. The molecule has 1 unspecified atom stereocenters. The Morgan fingerprint density at radius 2 is 1.76 bits per heavy atom. The number of hydrogen-bond donors (Lipinski definition) is 2. The summed E-state index contributed by atoms with van der Waals surface area (Å²) in [5, 5.41) is 5.84. The first-order valence-corrected chi connectivity index (χ1v) is 9.00. The van der Waals surface area contributed by atoms with E-state index in [9.17, 15) is 14.4 Å². The van der Waals surface area contributed by atoms with Gasteiger partial charge in [-0.2, -0.15) is 0 Å². The maximum absolute atomic E-state index is 12.2.